The number of hydrogen-bond donors (Lipinski definition) is 1. The fraction of sp³-hybridized carbons (Fsp3) is 0.133. The number of rotatable bonds is 1. The highest BCUT2D eigenvalue weighted by atomic mass is 32.1. The molecule has 0 unspecified atom stereocenters. The van der Waals surface area contributed by atoms with Gasteiger partial charge in [0.15, 0.2) is 4.77 Å². The number of nitrogens with zero attached hydrogens (tertiary/aromatic N) is 1. The molecule has 0 aliphatic heterocycles. The largest absolute Gasteiger partial charge is 0.330 e. The molecule has 1 heterocycles. The number of aromatic amines is 1. The number of nitrogens with one attached hydrogen (secondary N) is 1. The molecule has 1 aromatic heterocycles. The molecule has 0 atom stereocenters. The number of aryl methyl sites for hydroxylation is 2. The van der Waals surface area contributed by atoms with Gasteiger partial charge < -0.3 is 4.98 Å². The summed E-state index contributed by atoms with van der Waals surface area (Å²) < 4.78 is 29.8. The number of aromatic nitrogens is 2. The highest BCUT2D eigenvalue weighted by Gasteiger charge is 2.14. The van der Waals surface area contributed by atoms with Crippen LogP contribution in [0.4, 0.5) is 8.78 Å². The Morgan fingerprint density at radius 2 is 1.80 bits per heavy atom. The van der Waals surface area contributed by atoms with Crippen molar-refractivity contribution in [1.82, 2.24) is 9.55 Å². The first kappa shape index (κ1) is 13.0. The molecule has 0 aliphatic carbocycles. The quantitative estimate of drug-likeness (QED) is 0.650. The number of imidazole rings is 1. The Bertz CT molecular complexity index is 877. The summed E-state index contributed by atoms with van der Waals surface area (Å²) in [7, 11) is 0. The van der Waals surface area contributed by atoms with Gasteiger partial charge in [0.25, 0.3) is 0 Å². The Hall–Kier alpha value is -2.01. The van der Waals surface area contributed by atoms with Gasteiger partial charge in [0.05, 0.1) is 16.7 Å². The molecule has 0 bridgehead atoms. The Labute approximate surface area is 119 Å². The second-order valence-electron chi connectivity index (χ2n) is 4.79. The Kier molecular flexibility index (Phi) is 2.94. The molecule has 0 aliphatic rings. The average molecular weight is 290 g/mol. The van der Waals surface area contributed by atoms with Crippen molar-refractivity contribution in [3.8, 4) is 5.69 Å². The van der Waals surface area contributed by atoms with Crippen LogP contribution in [-0.2, 0) is 0 Å². The normalized spacial score (nSPS) is 11.2. The van der Waals surface area contributed by atoms with Crippen molar-refractivity contribution in [2.24, 2.45) is 0 Å². The van der Waals surface area contributed by atoms with E-state index in [1.54, 1.807) is 0 Å². The maximum Gasteiger partial charge on any atom is 0.182 e. The molecule has 0 fully saturated rings. The van der Waals surface area contributed by atoms with Gasteiger partial charge in [-0.25, -0.2) is 8.78 Å². The summed E-state index contributed by atoms with van der Waals surface area (Å²) in [6.45, 7) is 3.46. The van der Waals surface area contributed by atoms with Crippen LogP contribution in [0.5, 0.6) is 0 Å². The molecule has 1 N–H and O–H groups in total. The predicted octanol–water partition coefficient (Wildman–Crippen LogP) is 4.58. The van der Waals surface area contributed by atoms with Gasteiger partial charge in [-0.05, 0) is 49.3 Å². The maximum absolute atomic E-state index is 14.2. The molecule has 0 spiro atoms. The molecular formula is C15H12F2N2S. The van der Waals surface area contributed by atoms with E-state index in [2.05, 4.69) is 4.98 Å². The van der Waals surface area contributed by atoms with Crippen molar-refractivity contribution >= 4 is 23.3 Å². The van der Waals surface area contributed by atoms with Crippen molar-refractivity contribution in [3.05, 3.63) is 57.9 Å². The molecule has 3 aromatic rings. The van der Waals surface area contributed by atoms with E-state index < -0.39 is 11.6 Å². The molecule has 20 heavy (non-hydrogen) atoms. The van der Waals surface area contributed by atoms with E-state index in [4.69, 9.17) is 12.2 Å². The number of hydrogen-bond acceptors (Lipinski definition) is 1. The van der Waals surface area contributed by atoms with Crippen LogP contribution in [-0.4, -0.2) is 9.55 Å². The molecule has 2 nitrogen and oxygen atoms in total. The van der Waals surface area contributed by atoms with Gasteiger partial charge in [-0.3, -0.25) is 4.57 Å². The SMILES string of the molecule is Cc1cc(F)c(-n2c(=S)[nH]c3c(C)cccc32)cc1F. The summed E-state index contributed by atoms with van der Waals surface area (Å²) in [6.07, 6.45) is 0. The predicted molar refractivity (Wildman–Crippen MR) is 77.8 cm³/mol. The Balaban J connectivity index is 2.41. The van der Waals surface area contributed by atoms with E-state index in [0.717, 1.165) is 16.6 Å². The maximum atomic E-state index is 14.2. The minimum Gasteiger partial charge on any atom is -0.330 e. The fourth-order valence-electron chi connectivity index (χ4n) is 2.32. The minimum atomic E-state index is -0.498. The molecule has 0 saturated heterocycles. The van der Waals surface area contributed by atoms with Crippen LogP contribution in [0.1, 0.15) is 11.1 Å². The summed E-state index contributed by atoms with van der Waals surface area (Å²) in [4.78, 5) is 3.04. The summed E-state index contributed by atoms with van der Waals surface area (Å²) in [5.74, 6) is -0.951. The van der Waals surface area contributed by atoms with Gasteiger partial charge in [-0.15, -0.1) is 0 Å². The van der Waals surface area contributed by atoms with Crippen LogP contribution in [0.2, 0.25) is 0 Å². The molecule has 0 saturated carbocycles. The fourth-order valence-corrected chi connectivity index (χ4v) is 2.62. The topological polar surface area (TPSA) is 20.7 Å². The van der Waals surface area contributed by atoms with Crippen molar-refractivity contribution in [2.45, 2.75) is 13.8 Å². The van der Waals surface area contributed by atoms with Crippen LogP contribution in [0.15, 0.2) is 30.3 Å². The first-order chi connectivity index (χ1) is 9.49. The standard InChI is InChI=1S/C15H12F2N2S/c1-8-4-3-5-12-14(8)18-15(20)19(12)13-7-10(16)9(2)6-11(13)17/h3-7H,1-2H3,(H,18,20). The van der Waals surface area contributed by atoms with Crippen LogP contribution in [0.3, 0.4) is 0 Å². The number of fused-ring (bicyclic) bond motifs is 1. The van der Waals surface area contributed by atoms with Crippen LogP contribution in [0.25, 0.3) is 16.7 Å². The second-order valence-corrected chi connectivity index (χ2v) is 5.17. The molecular weight excluding hydrogens is 278 g/mol. The van der Waals surface area contributed by atoms with Gasteiger partial charge in [-0.2, -0.15) is 0 Å². The number of para-hydroxylation sites is 1. The van der Waals surface area contributed by atoms with E-state index in [0.29, 0.717) is 4.77 Å². The second kappa shape index (κ2) is 4.52. The minimum absolute atomic E-state index is 0.120. The van der Waals surface area contributed by atoms with Crippen molar-refractivity contribution < 1.29 is 8.78 Å². The average Bonchev–Trinajstić information content (AvgIpc) is 2.72. The van der Waals surface area contributed by atoms with Gasteiger partial charge in [0.1, 0.15) is 11.6 Å². The van der Waals surface area contributed by atoms with Crippen molar-refractivity contribution in [1.29, 1.82) is 0 Å². The smallest absolute Gasteiger partial charge is 0.182 e. The van der Waals surface area contributed by atoms with Crippen LogP contribution in [0, 0.1) is 30.3 Å². The number of H-pyrrole nitrogens is 1. The highest BCUT2D eigenvalue weighted by Crippen LogP contribution is 2.25. The number of benzene rings is 2. The summed E-state index contributed by atoms with van der Waals surface area (Å²) >= 11 is 5.25. The molecule has 102 valence electrons. The Morgan fingerprint density at radius 1 is 1.05 bits per heavy atom. The zero-order valence-electron chi connectivity index (χ0n) is 11.0. The molecule has 5 heteroatoms. The van der Waals surface area contributed by atoms with E-state index in [1.165, 1.54) is 23.6 Å². The first-order valence-electron chi connectivity index (χ1n) is 6.15. The number of halogens is 2. The monoisotopic (exact) mass is 290 g/mol. The third-order valence-electron chi connectivity index (χ3n) is 3.40. The van der Waals surface area contributed by atoms with Gasteiger partial charge in [-0.1, -0.05) is 12.1 Å². The van der Waals surface area contributed by atoms with Crippen LogP contribution >= 0.6 is 12.2 Å². The lowest BCUT2D eigenvalue weighted by Gasteiger charge is -2.08. The van der Waals surface area contributed by atoms with E-state index >= 15 is 0 Å². The lowest BCUT2D eigenvalue weighted by atomic mass is 10.2. The Morgan fingerprint density at radius 3 is 2.55 bits per heavy atom. The van der Waals surface area contributed by atoms with E-state index in [1.807, 2.05) is 25.1 Å². The molecule has 0 radical (unpaired) electrons. The molecule has 2 aromatic carbocycles. The lowest BCUT2D eigenvalue weighted by Crippen LogP contribution is -2.00. The summed E-state index contributed by atoms with van der Waals surface area (Å²) in [5.41, 5.74) is 2.96. The van der Waals surface area contributed by atoms with Gasteiger partial charge in [0, 0.05) is 6.07 Å². The first-order valence-corrected chi connectivity index (χ1v) is 6.56. The highest BCUT2D eigenvalue weighted by molar-refractivity contribution is 7.71. The lowest BCUT2D eigenvalue weighted by molar-refractivity contribution is 0.586. The van der Waals surface area contributed by atoms with E-state index in [9.17, 15) is 8.78 Å². The third kappa shape index (κ3) is 1.86. The summed E-state index contributed by atoms with van der Waals surface area (Å²) in [6, 6.07) is 7.98. The molecule has 0 amide bonds. The summed E-state index contributed by atoms with van der Waals surface area (Å²) in [5, 5.41) is 0. The van der Waals surface area contributed by atoms with Crippen LogP contribution < -0.4 is 0 Å². The third-order valence-corrected chi connectivity index (χ3v) is 3.68. The van der Waals surface area contributed by atoms with Gasteiger partial charge >= 0.3 is 0 Å². The van der Waals surface area contributed by atoms with Crippen molar-refractivity contribution in [3.63, 3.8) is 0 Å². The molecule has 3 rings (SSSR count). The zero-order chi connectivity index (χ0) is 14.4. The van der Waals surface area contributed by atoms with E-state index in [-0.39, 0.29) is 11.3 Å². The van der Waals surface area contributed by atoms with Crippen molar-refractivity contribution in [2.75, 3.05) is 0 Å². The van der Waals surface area contributed by atoms with Gasteiger partial charge in [0.2, 0.25) is 0 Å². The zero-order valence-corrected chi connectivity index (χ0v) is 11.8.